The molecule has 3 aromatic rings. The molecule has 184 valence electrons. The quantitative estimate of drug-likeness (QED) is 0.419. The van der Waals surface area contributed by atoms with Crippen LogP contribution >= 0.6 is 0 Å². The van der Waals surface area contributed by atoms with Crippen LogP contribution in [0.1, 0.15) is 16.2 Å². The van der Waals surface area contributed by atoms with Crippen molar-refractivity contribution in [2.24, 2.45) is 11.0 Å². The van der Waals surface area contributed by atoms with Gasteiger partial charge in [-0.25, -0.2) is 14.6 Å². The summed E-state index contributed by atoms with van der Waals surface area (Å²) in [7, 11) is 3.50. The lowest BCUT2D eigenvalue weighted by atomic mass is 10.1. The Morgan fingerprint density at radius 2 is 2.08 bits per heavy atom. The first kappa shape index (κ1) is 22.0. The van der Waals surface area contributed by atoms with E-state index < -0.39 is 11.7 Å². The number of nitrogens with zero attached hydrogens (tertiary/aromatic N) is 8. The number of aryl methyl sites for hydroxylation is 1. The number of pyridine rings is 1. The van der Waals surface area contributed by atoms with E-state index in [1.165, 1.54) is 24.2 Å². The standard InChI is InChI=1S/C24H25N9O3/c1-14-27-13-32(29-14)23-21-20(19(36-3)9-26-23)17(8-25-21)22(34)24(35)31-10-15-7-28-33(18(15)12-31)16-5-4-6-30(2)11-16/h4-5,7-9,11,13,15,18,25H,6,10,12H2,1-3H3. The molecular formula is C24H25N9O3. The zero-order chi connectivity index (χ0) is 25.0. The topological polar surface area (TPSA) is 125 Å². The van der Waals surface area contributed by atoms with E-state index in [4.69, 9.17) is 4.74 Å². The van der Waals surface area contributed by atoms with Gasteiger partial charge in [-0.1, -0.05) is 6.08 Å². The Morgan fingerprint density at radius 1 is 1.22 bits per heavy atom. The summed E-state index contributed by atoms with van der Waals surface area (Å²) in [5, 5.41) is 11.3. The Hall–Kier alpha value is -4.48. The van der Waals surface area contributed by atoms with Crippen molar-refractivity contribution < 1.29 is 14.3 Å². The fourth-order valence-corrected chi connectivity index (χ4v) is 5.00. The molecule has 0 radical (unpaired) electrons. The first-order valence-electron chi connectivity index (χ1n) is 11.6. The largest absolute Gasteiger partial charge is 0.494 e. The molecule has 3 aliphatic heterocycles. The number of carbonyl (C=O) groups excluding carboxylic acids is 2. The number of allylic oxidation sites excluding steroid dienone is 1. The van der Waals surface area contributed by atoms with Gasteiger partial charge in [-0.3, -0.25) is 14.6 Å². The molecule has 6 rings (SSSR count). The predicted molar refractivity (Wildman–Crippen MR) is 131 cm³/mol. The number of H-pyrrole nitrogens is 1. The van der Waals surface area contributed by atoms with E-state index >= 15 is 0 Å². The van der Waals surface area contributed by atoms with Gasteiger partial charge >= 0.3 is 0 Å². The van der Waals surface area contributed by atoms with Crippen LogP contribution in [0.5, 0.6) is 5.75 Å². The van der Waals surface area contributed by atoms with E-state index in [0.717, 1.165) is 12.2 Å². The molecule has 6 heterocycles. The average molecular weight is 488 g/mol. The van der Waals surface area contributed by atoms with Crippen molar-refractivity contribution >= 4 is 28.8 Å². The summed E-state index contributed by atoms with van der Waals surface area (Å²) in [4.78, 5) is 42.2. The van der Waals surface area contributed by atoms with E-state index in [0.29, 0.717) is 41.4 Å². The predicted octanol–water partition coefficient (Wildman–Crippen LogP) is 1.11. The van der Waals surface area contributed by atoms with E-state index in [1.54, 1.807) is 18.2 Å². The molecule has 12 nitrogen and oxygen atoms in total. The zero-order valence-electron chi connectivity index (χ0n) is 20.1. The van der Waals surface area contributed by atoms with E-state index in [1.807, 2.05) is 30.5 Å². The molecule has 1 amide bonds. The second-order valence-electron chi connectivity index (χ2n) is 9.11. The summed E-state index contributed by atoms with van der Waals surface area (Å²) in [5.41, 5.74) is 1.74. The van der Waals surface area contributed by atoms with Crippen molar-refractivity contribution in [3.05, 3.63) is 54.2 Å². The van der Waals surface area contributed by atoms with Gasteiger partial charge in [0.25, 0.3) is 11.7 Å². The van der Waals surface area contributed by atoms with E-state index in [9.17, 15) is 9.59 Å². The molecule has 1 saturated heterocycles. The SMILES string of the molecule is COc1cnc(-n2cnc(C)n2)c2[nH]cc(C(=O)C(=O)N3CC4C=NN(C5=CN(C)CC=C5)C4C3)c12. The molecule has 36 heavy (non-hydrogen) atoms. The third-order valence-electron chi connectivity index (χ3n) is 6.75. The van der Waals surface area contributed by atoms with Crippen LogP contribution < -0.4 is 4.74 Å². The number of carbonyl (C=O) groups is 2. The van der Waals surface area contributed by atoms with Gasteiger partial charge in [-0.05, 0) is 13.0 Å². The van der Waals surface area contributed by atoms with Gasteiger partial charge in [0.1, 0.15) is 17.9 Å². The summed E-state index contributed by atoms with van der Waals surface area (Å²) in [6, 6.07) is -0.00647. The number of hydrazone groups is 1. The van der Waals surface area contributed by atoms with Crippen molar-refractivity contribution in [2.45, 2.75) is 13.0 Å². The number of Topliss-reactive ketones (excluding diaryl/α,β-unsaturated/α-hetero) is 1. The number of hydrogen-bond acceptors (Lipinski definition) is 9. The molecule has 0 bridgehead atoms. The molecule has 3 aliphatic rings. The van der Waals surface area contributed by atoms with Gasteiger partial charge in [0.05, 0.1) is 41.5 Å². The van der Waals surface area contributed by atoms with Crippen LogP contribution in [0.3, 0.4) is 0 Å². The first-order valence-corrected chi connectivity index (χ1v) is 11.6. The number of ether oxygens (including phenoxy) is 1. The summed E-state index contributed by atoms with van der Waals surface area (Å²) < 4.78 is 7.00. The minimum absolute atomic E-state index is 0.00647. The lowest BCUT2D eigenvalue weighted by molar-refractivity contribution is -0.125. The van der Waals surface area contributed by atoms with Gasteiger partial charge in [-0.2, -0.15) is 10.2 Å². The van der Waals surface area contributed by atoms with Gasteiger partial charge in [0.2, 0.25) is 0 Å². The van der Waals surface area contributed by atoms with Gasteiger partial charge in [-0.15, -0.1) is 0 Å². The number of methoxy groups -OCH3 is 1. The van der Waals surface area contributed by atoms with Gasteiger partial charge < -0.3 is 19.5 Å². The zero-order valence-corrected chi connectivity index (χ0v) is 20.1. The number of likely N-dealkylation sites (tertiary alicyclic amines) is 1. The molecule has 0 saturated carbocycles. The number of rotatable bonds is 5. The molecule has 3 aromatic heterocycles. The minimum Gasteiger partial charge on any atom is -0.494 e. The Kier molecular flexibility index (Phi) is 5.09. The van der Waals surface area contributed by atoms with E-state index in [2.05, 4.69) is 36.1 Å². The Balaban J connectivity index is 1.28. The van der Waals surface area contributed by atoms with Gasteiger partial charge in [0.15, 0.2) is 5.82 Å². The Bertz CT molecular complexity index is 1470. The fourth-order valence-electron chi connectivity index (χ4n) is 5.00. The monoisotopic (exact) mass is 487 g/mol. The highest BCUT2D eigenvalue weighted by molar-refractivity contribution is 6.45. The smallest absolute Gasteiger partial charge is 0.295 e. The highest BCUT2D eigenvalue weighted by atomic mass is 16.5. The Labute approximate surface area is 206 Å². The number of aromatic amines is 1. The molecule has 1 fully saturated rings. The first-order chi connectivity index (χ1) is 17.4. The molecule has 12 heteroatoms. The van der Waals surface area contributed by atoms with E-state index in [-0.39, 0.29) is 17.5 Å². The maximum atomic E-state index is 13.5. The maximum absolute atomic E-state index is 13.5. The third-order valence-corrected chi connectivity index (χ3v) is 6.75. The number of fused-ring (bicyclic) bond motifs is 2. The number of likely N-dealkylation sites (N-methyl/N-ethyl adjacent to an activating group) is 1. The number of nitrogens with one attached hydrogen (secondary N) is 1. The van der Waals surface area contributed by atoms with Crippen LogP contribution in [-0.4, -0.2) is 97.3 Å². The van der Waals surface area contributed by atoms with Crippen LogP contribution in [0.2, 0.25) is 0 Å². The minimum atomic E-state index is -0.605. The molecule has 2 atom stereocenters. The molecule has 0 aliphatic carbocycles. The molecule has 1 N–H and O–H groups in total. The van der Waals surface area contributed by atoms with Crippen LogP contribution in [0, 0.1) is 12.8 Å². The van der Waals surface area contributed by atoms with Crippen molar-refractivity contribution in [3.63, 3.8) is 0 Å². The van der Waals surface area contributed by atoms with Crippen molar-refractivity contribution in [3.8, 4) is 11.6 Å². The highest BCUT2D eigenvalue weighted by Gasteiger charge is 2.44. The number of aromatic nitrogens is 5. The number of ketones is 1. The molecule has 0 aromatic carbocycles. The van der Waals surface area contributed by atoms with Crippen LogP contribution in [-0.2, 0) is 4.79 Å². The fraction of sp³-hybridized carbons (Fsp3) is 0.333. The van der Waals surface area contributed by atoms with Crippen molar-refractivity contribution in [1.29, 1.82) is 0 Å². The van der Waals surface area contributed by atoms with Crippen molar-refractivity contribution in [1.82, 2.24) is 39.5 Å². The van der Waals surface area contributed by atoms with Crippen LogP contribution in [0.25, 0.3) is 16.7 Å². The van der Waals surface area contributed by atoms with Crippen LogP contribution in [0.15, 0.2) is 47.9 Å². The molecule has 2 unspecified atom stereocenters. The number of hydrogen-bond donors (Lipinski definition) is 1. The summed E-state index contributed by atoms with van der Waals surface area (Å²) in [6.45, 7) is 3.47. The van der Waals surface area contributed by atoms with Crippen LogP contribution in [0.4, 0.5) is 0 Å². The lowest BCUT2D eigenvalue weighted by Gasteiger charge is -2.28. The second kappa shape index (κ2) is 8.33. The number of amides is 1. The normalized spacial score (nSPS) is 20.9. The summed E-state index contributed by atoms with van der Waals surface area (Å²) in [6.07, 6.45) is 12.6. The third kappa shape index (κ3) is 3.44. The van der Waals surface area contributed by atoms with Crippen molar-refractivity contribution in [2.75, 3.05) is 33.8 Å². The summed E-state index contributed by atoms with van der Waals surface area (Å²) in [5.74, 6) is 0.334. The second-order valence-corrected chi connectivity index (χ2v) is 9.11. The summed E-state index contributed by atoms with van der Waals surface area (Å²) >= 11 is 0. The molecular weight excluding hydrogens is 462 g/mol. The average Bonchev–Trinajstić information content (AvgIpc) is 3.66. The lowest BCUT2D eigenvalue weighted by Crippen LogP contribution is -2.38. The molecule has 0 spiro atoms. The maximum Gasteiger partial charge on any atom is 0.295 e. The van der Waals surface area contributed by atoms with Gasteiger partial charge in [0, 0.05) is 51.2 Å². The Morgan fingerprint density at radius 3 is 2.83 bits per heavy atom. The highest BCUT2D eigenvalue weighted by Crippen LogP contribution is 2.34.